The van der Waals surface area contributed by atoms with Crippen LogP contribution in [0.1, 0.15) is 32.3 Å². The number of rotatable bonds is 9. The molecule has 0 saturated heterocycles. The Morgan fingerprint density at radius 2 is 1.95 bits per heavy atom. The van der Waals surface area contributed by atoms with E-state index in [1.807, 2.05) is 18.2 Å². The topological polar surface area (TPSA) is 50.7 Å². The summed E-state index contributed by atoms with van der Waals surface area (Å²) >= 11 is 0. The summed E-state index contributed by atoms with van der Waals surface area (Å²) in [5.74, 6) is 1.64. The van der Waals surface area contributed by atoms with Gasteiger partial charge in [0.1, 0.15) is 11.5 Å². The van der Waals surface area contributed by atoms with Gasteiger partial charge in [-0.3, -0.25) is 0 Å². The van der Waals surface area contributed by atoms with Crippen LogP contribution in [0.3, 0.4) is 0 Å². The maximum atomic E-state index is 8.90. The lowest BCUT2D eigenvalue weighted by Crippen LogP contribution is -2.29. The molecule has 0 saturated carbocycles. The maximum absolute atomic E-state index is 8.90. The first kappa shape index (κ1) is 16.8. The molecular formula is C16H27NO3. The van der Waals surface area contributed by atoms with Gasteiger partial charge in [-0.25, -0.2) is 0 Å². The molecule has 0 bridgehead atoms. The highest BCUT2D eigenvalue weighted by Crippen LogP contribution is 2.25. The third kappa shape index (κ3) is 5.39. The van der Waals surface area contributed by atoms with E-state index >= 15 is 0 Å². The van der Waals surface area contributed by atoms with Crippen LogP contribution in [0, 0.1) is 5.41 Å². The van der Waals surface area contributed by atoms with E-state index in [-0.39, 0.29) is 12.0 Å². The molecule has 114 valence electrons. The average Bonchev–Trinajstić information content (AvgIpc) is 2.45. The van der Waals surface area contributed by atoms with E-state index in [1.165, 1.54) is 0 Å². The highest BCUT2D eigenvalue weighted by molar-refractivity contribution is 5.40. The second-order valence-electron chi connectivity index (χ2n) is 5.77. The lowest BCUT2D eigenvalue weighted by Gasteiger charge is -2.25. The zero-order valence-electron chi connectivity index (χ0n) is 13.0. The SMILES string of the molecule is COc1ccc(CNCC(C)(C)CCCO)c(OC)c1. The standard InChI is InChI=1S/C16H27NO3/c1-16(2,8-5-9-18)12-17-11-13-6-7-14(19-3)10-15(13)20-4/h6-7,10,17-18H,5,8-9,11-12H2,1-4H3. The van der Waals surface area contributed by atoms with E-state index in [2.05, 4.69) is 19.2 Å². The van der Waals surface area contributed by atoms with Crippen molar-refractivity contribution in [3.63, 3.8) is 0 Å². The van der Waals surface area contributed by atoms with Crippen LogP contribution in [0.15, 0.2) is 18.2 Å². The molecule has 2 N–H and O–H groups in total. The fourth-order valence-electron chi connectivity index (χ4n) is 2.18. The second-order valence-corrected chi connectivity index (χ2v) is 5.77. The van der Waals surface area contributed by atoms with Gasteiger partial charge in [0.05, 0.1) is 14.2 Å². The van der Waals surface area contributed by atoms with E-state index in [1.54, 1.807) is 14.2 Å². The highest BCUT2D eigenvalue weighted by Gasteiger charge is 2.17. The first-order chi connectivity index (χ1) is 9.52. The van der Waals surface area contributed by atoms with Crippen molar-refractivity contribution < 1.29 is 14.6 Å². The number of nitrogens with one attached hydrogen (secondary N) is 1. The van der Waals surface area contributed by atoms with Crippen LogP contribution in [0.5, 0.6) is 11.5 Å². The van der Waals surface area contributed by atoms with Gasteiger partial charge in [0.25, 0.3) is 0 Å². The van der Waals surface area contributed by atoms with E-state index in [4.69, 9.17) is 14.6 Å². The van der Waals surface area contributed by atoms with Crippen molar-refractivity contribution in [3.05, 3.63) is 23.8 Å². The van der Waals surface area contributed by atoms with E-state index in [0.717, 1.165) is 43.0 Å². The molecule has 0 aliphatic heterocycles. The number of methoxy groups -OCH3 is 2. The van der Waals surface area contributed by atoms with Crippen LogP contribution in [-0.4, -0.2) is 32.5 Å². The number of benzene rings is 1. The van der Waals surface area contributed by atoms with Gasteiger partial charge in [-0.1, -0.05) is 19.9 Å². The van der Waals surface area contributed by atoms with E-state index in [0.29, 0.717) is 0 Å². The number of hydrogen-bond acceptors (Lipinski definition) is 4. The smallest absolute Gasteiger partial charge is 0.127 e. The van der Waals surface area contributed by atoms with E-state index in [9.17, 15) is 0 Å². The molecule has 0 aromatic heterocycles. The zero-order valence-corrected chi connectivity index (χ0v) is 13.0. The summed E-state index contributed by atoms with van der Waals surface area (Å²) < 4.78 is 10.6. The normalized spacial score (nSPS) is 11.4. The van der Waals surface area contributed by atoms with Gasteiger partial charge in [0.15, 0.2) is 0 Å². The summed E-state index contributed by atoms with van der Waals surface area (Å²) in [6, 6.07) is 5.86. The Bertz CT molecular complexity index is 405. The molecule has 4 nitrogen and oxygen atoms in total. The Morgan fingerprint density at radius 1 is 1.20 bits per heavy atom. The quantitative estimate of drug-likeness (QED) is 0.730. The Kier molecular flexibility index (Phi) is 6.82. The van der Waals surface area contributed by atoms with Gasteiger partial charge in [-0.2, -0.15) is 0 Å². The minimum atomic E-state index is 0.183. The molecule has 0 unspecified atom stereocenters. The Labute approximate surface area is 122 Å². The summed E-state index contributed by atoms with van der Waals surface area (Å²) in [6.07, 6.45) is 1.86. The van der Waals surface area contributed by atoms with Gasteiger partial charge >= 0.3 is 0 Å². The molecule has 0 atom stereocenters. The summed E-state index contributed by atoms with van der Waals surface area (Å²) in [6.45, 7) is 6.34. The van der Waals surface area contributed by atoms with Crippen molar-refractivity contribution in [1.82, 2.24) is 5.32 Å². The second kappa shape index (κ2) is 8.12. The number of hydrogen-bond donors (Lipinski definition) is 2. The van der Waals surface area contributed by atoms with Crippen LogP contribution in [0.25, 0.3) is 0 Å². The maximum Gasteiger partial charge on any atom is 0.127 e. The van der Waals surface area contributed by atoms with Crippen molar-refractivity contribution in [3.8, 4) is 11.5 Å². The predicted molar refractivity (Wildman–Crippen MR) is 81.4 cm³/mol. The summed E-state index contributed by atoms with van der Waals surface area (Å²) in [4.78, 5) is 0. The summed E-state index contributed by atoms with van der Waals surface area (Å²) in [5, 5.41) is 12.4. The number of ether oxygens (including phenoxy) is 2. The zero-order chi connectivity index (χ0) is 15.0. The van der Waals surface area contributed by atoms with Crippen molar-refractivity contribution in [2.24, 2.45) is 5.41 Å². The molecule has 0 amide bonds. The molecule has 1 rings (SSSR count). The molecule has 20 heavy (non-hydrogen) atoms. The number of aliphatic hydroxyl groups excluding tert-OH is 1. The van der Waals surface area contributed by atoms with Crippen LogP contribution in [0.2, 0.25) is 0 Å². The molecule has 0 spiro atoms. The molecule has 1 aromatic rings. The predicted octanol–water partition coefficient (Wildman–Crippen LogP) is 2.59. The summed E-state index contributed by atoms with van der Waals surface area (Å²) in [5.41, 5.74) is 1.30. The van der Waals surface area contributed by atoms with Crippen LogP contribution in [-0.2, 0) is 6.54 Å². The van der Waals surface area contributed by atoms with Crippen molar-refractivity contribution in [1.29, 1.82) is 0 Å². The Morgan fingerprint density at radius 3 is 2.55 bits per heavy atom. The molecule has 0 aliphatic carbocycles. The number of aliphatic hydroxyl groups is 1. The van der Waals surface area contributed by atoms with Gasteiger partial charge in [0, 0.05) is 31.3 Å². The van der Waals surface area contributed by atoms with Crippen LogP contribution >= 0.6 is 0 Å². The fourth-order valence-corrected chi connectivity index (χ4v) is 2.18. The Hall–Kier alpha value is -1.26. The van der Waals surface area contributed by atoms with Gasteiger partial charge in [0.2, 0.25) is 0 Å². The molecule has 0 aliphatic rings. The first-order valence-electron chi connectivity index (χ1n) is 7.05. The molecule has 0 fully saturated rings. The monoisotopic (exact) mass is 281 g/mol. The minimum Gasteiger partial charge on any atom is -0.497 e. The largest absolute Gasteiger partial charge is 0.497 e. The van der Waals surface area contributed by atoms with Crippen LogP contribution in [0.4, 0.5) is 0 Å². The van der Waals surface area contributed by atoms with E-state index < -0.39 is 0 Å². The minimum absolute atomic E-state index is 0.183. The third-order valence-corrected chi connectivity index (χ3v) is 3.42. The Balaban J connectivity index is 2.53. The van der Waals surface area contributed by atoms with Crippen molar-refractivity contribution in [2.75, 3.05) is 27.4 Å². The highest BCUT2D eigenvalue weighted by atomic mass is 16.5. The fraction of sp³-hybridized carbons (Fsp3) is 0.625. The van der Waals surface area contributed by atoms with Crippen molar-refractivity contribution >= 4 is 0 Å². The molecule has 0 heterocycles. The van der Waals surface area contributed by atoms with Gasteiger partial charge in [-0.05, 0) is 24.3 Å². The first-order valence-corrected chi connectivity index (χ1v) is 7.05. The lowest BCUT2D eigenvalue weighted by molar-refractivity contribution is 0.236. The molecule has 4 heteroatoms. The summed E-state index contributed by atoms with van der Waals surface area (Å²) in [7, 11) is 3.32. The molecule has 0 radical (unpaired) electrons. The van der Waals surface area contributed by atoms with Crippen LogP contribution < -0.4 is 14.8 Å². The van der Waals surface area contributed by atoms with Gasteiger partial charge in [-0.15, -0.1) is 0 Å². The average molecular weight is 281 g/mol. The van der Waals surface area contributed by atoms with Crippen molar-refractivity contribution in [2.45, 2.75) is 33.2 Å². The lowest BCUT2D eigenvalue weighted by atomic mass is 9.88. The molecular weight excluding hydrogens is 254 g/mol. The molecule has 1 aromatic carbocycles. The van der Waals surface area contributed by atoms with Gasteiger partial charge < -0.3 is 19.9 Å². The third-order valence-electron chi connectivity index (χ3n) is 3.42.